The maximum absolute atomic E-state index is 5.55. The molecule has 0 amide bonds. The molecule has 0 aliphatic heterocycles. The highest BCUT2D eigenvalue weighted by Crippen LogP contribution is 2.25. The minimum absolute atomic E-state index is 0.412. The largest absolute Gasteiger partial charge is 0.332 e. The summed E-state index contributed by atoms with van der Waals surface area (Å²) in [6, 6.07) is 1.89. The Kier molecular flexibility index (Phi) is 3.53. The smallest absolute Gasteiger partial charge is 0.277 e. The molecular formula is C13H13N5OS. The van der Waals surface area contributed by atoms with E-state index in [4.69, 9.17) is 10.3 Å². The zero-order chi connectivity index (χ0) is 13.9. The second-order valence-electron chi connectivity index (χ2n) is 4.14. The second kappa shape index (κ2) is 5.48. The Labute approximate surface area is 119 Å². The molecule has 3 aromatic rings. The lowest BCUT2D eigenvalue weighted by molar-refractivity contribution is 0.431. The van der Waals surface area contributed by atoms with E-state index < -0.39 is 0 Å². The van der Waals surface area contributed by atoms with Gasteiger partial charge in [-0.2, -0.15) is 4.98 Å². The number of aryl methyl sites for hydroxylation is 1. The van der Waals surface area contributed by atoms with Crippen molar-refractivity contribution < 1.29 is 4.52 Å². The van der Waals surface area contributed by atoms with Gasteiger partial charge in [-0.25, -0.2) is 4.98 Å². The lowest BCUT2D eigenvalue weighted by atomic mass is 10.1. The molecule has 6 nitrogen and oxygen atoms in total. The Balaban J connectivity index is 1.97. The van der Waals surface area contributed by atoms with Gasteiger partial charge in [0.25, 0.3) is 5.89 Å². The summed E-state index contributed by atoms with van der Waals surface area (Å²) in [6.45, 7) is 2.48. The van der Waals surface area contributed by atoms with Crippen molar-refractivity contribution in [3.05, 3.63) is 34.4 Å². The third-order valence-corrected chi connectivity index (χ3v) is 3.77. The molecule has 3 heterocycles. The van der Waals surface area contributed by atoms with Crippen LogP contribution in [0.2, 0.25) is 0 Å². The predicted molar refractivity (Wildman–Crippen MR) is 75.9 cm³/mol. The highest BCUT2D eigenvalue weighted by molar-refractivity contribution is 7.09. The lowest BCUT2D eigenvalue weighted by Crippen LogP contribution is -1.94. The number of hydrogen-bond acceptors (Lipinski definition) is 7. The number of nitrogens with zero attached hydrogens (tertiary/aromatic N) is 4. The van der Waals surface area contributed by atoms with Crippen molar-refractivity contribution in [2.45, 2.75) is 19.9 Å². The van der Waals surface area contributed by atoms with Crippen LogP contribution in [0, 0.1) is 0 Å². The summed E-state index contributed by atoms with van der Waals surface area (Å²) in [4.78, 5) is 12.8. The van der Waals surface area contributed by atoms with Gasteiger partial charge in [-0.3, -0.25) is 4.98 Å². The molecule has 0 radical (unpaired) electrons. The van der Waals surface area contributed by atoms with Crippen molar-refractivity contribution in [3.8, 4) is 23.0 Å². The minimum Gasteiger partial charge on any atom is -0.332 e. The van der Waals surface area contributed by atoms with Crippen molar-refractivity contribution in [3.63, 3.8) is 0 Å². The summed E-state index contributed by atoms with van der Waals surface area (Å²) in [7, 11) is 0. The van der Waals surface area contributed by atoms with Crippen LogP contribution in [0.15, 0.2) is 28.4 Å². The molecule has 0 saturated heterocycles. The SMILES string of the molecule is CCc1cnccc1-c1noc(-c2csc(CN)n2)n1. The maximum Gasteiger partial charge on any atom is 0.277 e. The van der Waals surface area contributed by atoms with Crippen LogP contribution in [-0.4, -0.2) is 20.1 Å². The monoisotopic (exact) mass is 287 g/mol. The fourth-order valence-electron chi connectivity index (χ4n) is 1.87. The number of pyridine rings is 1. The van der Waals surface area contributed by atoms with Crippen molar-refractivity contribution in [1.82, 2.24) is 20.1 Å². The van der Waals surface area contributed by atoms with Gasteiger partial charge in [0.2, 0.25) is 5.82 Å². The first-order valence-corrected chi connectivity index (χ1v) is 7.11. The quantitative estimate of drug-likeness (QED) is 0.791. The van der Waals surface area contributed by atoms with E-state index in [1.807, 2.05) is 17.6 Å². The molecule has 0 atom stereocenters. The summed E-state index contributed by atoms with van der Waals surface area (Å²) in [6.07, 6.45) is 4.40. The first-order chi connectivity index (χ1) is 9.81. The molecule has 7 heteroatoms. The van der Waals surface area contributed by atoms with Gasteiger partial charge < -0.3 is 10.3 Å². The molecule has 102 valence electrons. The van der Waals surface area contributed by atoms with Gasteiger partial charge in [0.05, 0.1) is 0 Å². The standard InChI is InChI=1S/C13H13N5OS/c1-2-8-6-15-4-3-9(8)12-17-13(19-18-12)10-7-20-11(5-14)16-10/h3-4,6-7H,2,5,14H2,1H3. The molecule has 0 aliphatic carbocycles. The molecule has 0 saturated carbocycles. The summed E-state index contributed by atoms with van der Waals surface area (Å²) in [5, 5.41) is 6.74. The van der Waals surface area contributed by atoms with E-state index in [9.17, 15) is 0 Å². The highest BCUT2D eigenvalue weighted by Gasteiger charge is 2.15. The number of rotatable bonds is 4. The Morgan fingerprint density at radius 1 is 1.35 bits per heavy atom. The average Bonchev–Trinajstić information content (AvgIpc) is 3.15. The predicted octanol–water partition coefficient (Wildman–Crippen LogP) is 2.28. The Bertz CT molecular complexity index is 721. The van der Waals surface area contributed by atoms with Crippen LogP contribution < -0.4 is 5.73 Å². The third kappa shape index (κ3) is 2.33. The van der Waals surface area contributed by atoms with Crippen LogP contribution in [-0.2, 0) is 13.0 Å². The number of thiazole rings is 1. The van der Waals surface area contributed by atoms with Gasteiger partial charge in [0.1, 0.15) is 10.7 Å². The van der Waals surface area contributed by atoms with E-state index in [2.05, 4.69) is 27.0 Å². The molecule has 0 aliphatic rings. The van der Waals surface area contributed by atoms with Crippen LogP contribution in [0.25, 0.3) is 23.0 Å². The fraction of sp³-hybridized carbons (Fsp3) is 0.231. The maximum atomic E-state index is 5.55. The number of nitrogens with two attached hydrogens (primary N) is 1. The molecule has 20 heavy (non-hydrogen) atoms. The van der Waals surface area contributed by atoms with E-state index >= 15 is 0 Å². The summed E-state index contributed by atoms with van der Waals surface area (Å²) in [5.41, 5.74) is 8.24. The van der Waals surface area contributed by atoms with Crippen molar-refractivity contribution in [1.29, 1.82) is 0 Å². The normalized spacial score (nSPS) is 10.9. The molecule has 0 fully saturated rings. The average molecular weight is 287 g/mol. The van der Waals surface area contributed by atoms with Crippen LogP contribution in [0.3, 0.4) is 0 Å². The Hall–Kier alpha value is -2.12. The van der Waals surface area contributed by atoms with E-state index in [0.29, 0.717) is 24.0 Å². The van der Waals surface area contributed by atoms with Crippen LogP contribution >= 0.6 is 11.3 Å². The molecule has 3 rings (SSSR count). The van der Waals surface area contributed by atoms with Gasteiger partial charge in [0.15, 0.2) is 0 Å². The van der Waals surface area contributed by atoms with Crippen LogP contribution in [0.5, 0.6) is 0 Å². The van der Waals surface area contributed by atoms with Gasteiger partial charge in [-0.15, -0.1) is 11.3 Å². The van der Waals surface area contributed by atoms with Gasteiger partial charge in [-0.1, -0.05) is 12.1 Å². The molecule has 0 aromatic carbocycles. The first kappa shape index (κ1) is 12.9. The van der Waals surface area contributed by atoms with Crippen LogP contribution in [0.1, 0.15) is 17.5 Å². The van der Waals surface area contributed by atoms with E-state index in [-0.39, 0.29) is 0 Å². The van der Waals surface area contributed by atoms with Gasteiger partial charge in [0, 0.05) is 29.9 Å². The van der Waals surface area contributed by atoms with E-state index in [0.717, 1.165) is 22.6 Å². The second-order valence-corrected chi connectivity index (χ2v) is 5.08. The highest BCUT2D eigenvalue weighted by atomic mass is 32.1. The third-order valence-electron chi connectivity index (χ3n) is 2.90. The lowest BCUT2D eigenvalue weighted by Gasteiger charge is -2.00. The zero-order valence-electron chi connectivity index (χ0n) is 10.9. The Morgan fingerprint density at radius 2 is 2.25 bits per heavy atom. The Morgan fingerprint density at radius 3 is 3.00 bits per heavy atom. The van der Waals surface area contributed by atoms with Crippen molar-refractivity contribution in [2.75, 3.05) is 0 Å². The molecule has 0 unspecified atom stereocenters. The summed E-state index contributed by atoms with van der Waals surface area (Å²) in [5.74, 6) is 0.969. The van der Waals surface area contributed by atoms with Gasteiger partial charge in [-0.05, 0) is 18.1 Å². The molecule has 0 bridgehead atoms. The summed E-state index contributed by atoms with van der Waals surface area (Å²) >= 11 is 1.48. The van der Waals surface area contributed by atoms with Crippen molar-refractivity contribution >= 4 is 11.3 Å². The molecule has 0 spiro atoms. The molecule has 3 aromatic heterocycles. The minimum atomic E-state index is 0.412. The van der Waals surface area contributed by atoms with Crippen molar-refractivity contribution in [2.24, 2.45) is 5.73 Å². The first-order valence-electron chi connectivity index (χ1n) is 6.23. The zero-order valence-corrected chi connectivity index (χ0v) is 11.7. The van der Waals surface area contributed by atoms with E-state index in [1.54, 1.807) is 6.20 Å². The van der Waals surface area contributed by atoms with E-state index in [1.165, 1.54) is 11.3 Å². The summed E-state index contributed by atoms with van der Waals surface area (Å²) < 4.78 is 5.28. The molecular weight excluding hydrogens is 274 g/mol. The number of hydrogen-bond donors (Lipinski definition) is 1. The number of aromatic nitrogens is 4. The van der Waals surface area contributed by atoms with Gasteiger partial charge >= 0.3 is 0 Å². The van der Waals surface area contributed by atoms with Crippen LogP contribution in [0.4, 0.5) is 0 Å². The molecule has 2 N–H and O–H groups in total. The fourth-order valence-corrected chi connectivity index (χ4v) is 2.52. The topological polar surface area (TPSA) is 90.7 Å².